The van der Waals surface area contributed by atoms with Crippen molar-refractivity contribution in [2.75, 3.05) is 39.2 Å². The number of fused-ring (bicyclic) bond motifs is 3. The number of hydrogen-bond acceptors (Lipinski definition) is 8. The Labute approximate surface area is 226 Å². The number of piperidine rings is 1. The Hall–Kier alpha value is -3.76. The Morgan fingerprint density at radius 2 is 2.03 bits per heavy atom. The van der Waals surface area contributed by atoms with Gasteiger partial charge in [0.15, 0.2) is 16.6 Å². The number of rotatable bonds is 6. The van der Waals surface area contributed by atoms with Gasteiger partial charge in [-0.05, 0) is 63.7 Å². The summed E-state index contributed by atoms with van der Waals surface area (Å²) >= 11 is 1.38. The number of aromatic nitrogens is 1. The van der Waals surface area contributed by atoms with Gasteiger partial charge in [-0.25, -0.2) is 4.98 Å². The third-order valence-corrected chi connectivity index (χ3v) is 7.75. The van der Waals surface area contributed by atoms with Crippen molar-refractivity contribution < 1.29 is 14.3 Å². The van der Waals surface area contributed by atoms with Crippen LogP contribution in [0.25, 0.3) is 0 Å². The molecule has 2 aliphatic rings. The van der Waals surface area contributed by atoms with Crippen LogP contribution >= 0.6 is 11.3 Å². The fraction of sp³-hybridized carbons (Fsp3) is 0.357. The zero-order valence-corrected chi connectivity index (χ0v) is 22.8. The predicted octanol–water partition coefficient (Wildman–Crippen LogP) is 4.27. The highest BCUT2D eigenvalue weighted by atomic mass is 32.1. The molecule has 1 amide bonds. The van der Waals surface area contributed by atoms with E-state index in [4.69, 9.17) is 19.9 Å². The summed E-state index contributed by atoms with van der Waals surface area (Å²) < 4.78 is 11.6. The number of amides is 1. The summed E-state index contributed by atoms with van der Waals surface area (Å²) in [5.74, 6) is 1.22. The summed E-state index contributed by atoms with van der Waals surface area (Å²) in [6.45, 7) is 6.34. The molecule has 0 spiro atoms. The van der Waals surface area contributed by atoms with Crippen LogP contribution in [0, 0.1) is 12.3 Å². The predicted molar refractivity (Wildman–Crippen MR) is 151 cm³/mol. The fourth-order valence-corrected chi connectivity index (χ4v) is 5.75. The number of carbonyl (C=O) groups excluding carboxylic acids is 1. The van der Waals surface area contributed by atoms with Crippen LogP contribution in [-0.2, 0) is 0 Å². The fourth-order valence-electron chi connectivity index (χ4n) is 5.06. The molecule has 0 saturated carbocycles. The Kier molecular flexibility index (Phi) is 7.44. The second kappa shape index (κ2) is 10.9. The summed E-state index contributed by atoms with van der Waals surface area (Å²) in [7, 11) is 3.80. The van der Waals surface area contributed by atoms with E-state index in [9.17, 15) is 4.79 Å². The Morgan fingerprint density at radius 3 is 2.71 bits per heavy atom. The van der Waals surface area contributed by atoms with E-state index >= 15 is 0 Å². The van der Waals surface area contributed by atoms with Crippen molar-refractivity contribution in [3.8, 4) is 11.5 Å². The number of aliphatic imine (C=N–C) groups is 1. The Morgan fingerprint density at radius 1 is 1.24 bits per heavy atom. The van der Waals surface area contributed by atoms with Crippen LogP contribution in [0.3, 0.4) is 0 Å². The minimum absolute atomic E-state index is 0.121. The maximum Gasteiger partial charge on any atom is 0.257 e. The standard InChI is InChI=1S/C28H32N6O3S/c1-5-37-24-12-19-20(13-23(24)36-4)25(31-22-10-11-34(3)14-21(19)22)17-6-8-18(9-7-17)26(35)32-27(29)33-28-30-16(2)15-38-28/h6-9,12-13,15,21-22H,5,10-11,14H2,1-4H3,(H3,29,30,32,33,35)/t21-,22-/m1/s1. The number of methoxy groups -OCH3 is 1. The normalized spacial score (nSPS) is 18.6. The number of hydrogen-bond donors (Lipinski definition) is 3. The number of anilines is 1. The first kappa shape index (κ1) is 25.9. The molecule has 3 aromatic rings. The quantitative estimate of drug-likeness (QED) is 0.323. The lowest BCUT2D eigenvalue weighted by Gasteiger charge is -2.39. The highest BCUT2D eigenvalue weighted by molar-refractivity contribution is 7.13. The highest BCUT2D eigenvalue weighted by Crippen LogP contribution is 2.42. The summed E-state index contributed by atoms with van der Waals surface area (Å²) in [5.41, 5.74) is 5.38. The number of carbonyl (C=O) groups is 1. The summed E-state index contributed by atoms with van der Waals surface area (Å²) in [6, 6.07) is 11.7. The van der Waals surface area contributed by atoms with Gasteiger partial charge in [0, 0.05) is 34.5 Å². The van der Waals surface area contributed by atoms with E-state index in [1.165, 1.54) is 16.9 Å². The van der Waals surface area contributed by atoms with Gasteiger partial charge in [-0.3, -0.25) is 20.5 Å². The number of ether oxygens (including phenoxy) is 2. The summed E-state index contributed by atoms with van der Waals surface area (Å²) in [4.78, 5) is 24.6. The maximum atomic E-state index is 12.8. The zero-order valence-electron chi connectivity index (χ0n) is 22.0. The molecule has 38 heavy (non-hydrogen) atoms. The van der Waals surface area contributed by atoms with Crippen LogP contribution in [0.15, 0.2) is 46.8 Å². The second-order valence-corrected chi connectivity index (χ2v) is 10.4. The SMILES string of the molecule is CCOc1cc2c(cc1OC)C(c1ccc(C(=O)NC(=N)Nc3nc(C)cs3)cc1)=N[C@@H]1CCN(C)C[C@H]21. The van der Waals surface area contributed by atoms with E-state index in [1.807, 2.05) is 37.4 Å². The Balaban J connectivity index is 1.41. The van der Waals surface area contributed by atoms with E-state index in [2.05, 4.69) is 33.6 Å². The average molecular weight is 533 g/mol. The lowest BCUT2D eigenvalue weighted by molar-refractivity contribution is 0.0977. The molecular formula is C28H32N6O3S. The number of thiazole rings is 1. The molecule has 10 heteroatoms. The first-order valence-corrected chi connectivity index (χ1v) is 13.5. The number of benzene rings is 2. The molecule has 0 unspecified atom stereocenters. The molecule has 9 nitrogen and oxygen atoms in total. The molecular weight excluding hydrogens is 500 g/mol. The minimum Gasteiger partial charge on any atom is -0.493 e. The molecule has 2 atom stereocenters. The first-order valence-electron chi connectivity index (χ1n) is 12.7. The number of likely N-dealkylation sites (N-methyl/N-ethyl adjacent to an activating group) is 1. The van der Waals surface area contributed by atoms with Gasteiger partial charge in [-0.15, -0.1) is 11.3 Å². The summed E-state index contributed by atoms with van der Waals surface area (Å²) in [6.07, 6.45) is 0.980. The number of guanidine groups is 1. The topological polar surface area (TPSA) is 112 Å². The smallest absolute Gasteiger partial charge is 0.257 e. The highest BCUT2D eigenvalue weighted by Gasteiger charge is 2.36. The van der Waals surface area contributed by atoms with Crippen molar-refractivity contribution in [1.29, 1.82) is 5.41 Å². The lowest BCUT2D eigenvalue weighted by Crippen LogP contribution is -2.41. The molecule has 0 radical (unpaired) electrons. The first-order chi connectivity index (χ1) is 18.4. The van der Waals surface area contributed by atoms with Gasteiger partial charge in [0.05, 0.1) is 31.2 Å². The largest absolute Gasteiger partial charge is 0.493 e. The number of nitrogens with one attached hydrogen (secondary N) is 3. The van der Waals surface area contributed by atoms with E-state index in [0.717, 1.165) is 47.8 Å². The molecule has 5 rings (SSSR count). The molecule has 0 bridgehead atoms. The van der Waals surface area contributed by atoms with Crippen molar-refractivity contribution in [2.45, 2.75) is 32.2 Å². The zero-order chi connectivity index (χ0) is 26.8. The number of likely N-dealkylation sites (tertiary alicyclic amines) is 1. The minimum atomic E-state index is -0.369. The molecule has 1 fully saturated rings. The van der Waals surface area contributed by atoms with Crippen molar-refractivity contribution in [3.05, 3.63) is 69.7 Å². The molecule has 3 heterocycles. The van der Waals surface area contributed by atoms with E-state index in [-0.39, 0.29) is 23.8 Å². The van der Waals surface area contributed by atoms with E-state index in [0.29, 0.717) is 23.1 Å². The van der Waals surface area contributed by atoms with Crippen molar-refractivity contribution in [3.63, 3.8) is 0 Å². The third kappa shape index (κ3) is 5.27. The van der Waals surface area contributed by atoms with Gasteiger partial charge in [0.1, 0.15) is 0 Å². The molecule has 3 N–H and O–H groups in total. The second-order valence-electron chi connectivity index (χ2n) is 9.55. The molecule has 2 aliphatic heterocycles. The van der Waals surface area contributed by atoms with Gasteiger partial charge in [0.2, 0.25) is 5.96 Å². The van der Waals surface area contributed by atoms with Gasteiger partial charge < -0.3 is 19.7 Å². The van der Waals surface area contributed by atoms with Gasteiger partial charge in [0.25, 0.3) is 5.91 Å². The van der Waals surface area contributed by atoms with Gasteiger partial charge in [-0.2, -0.15) is 0 Å². The molecule has 198 valence electrons. The molecule has 2 aromatic carbocycles. The maximum absolute atomic E-state index is 12.8. The summed E-state index contributed by atoms with van der Waals surface area (Å²) in [5, 5.41) is 15.9. The van der Waals surface area contributed by atoms with Crippen molar-refractivity contribution in [2.24, 2.45) is 4.99 Å². The van der Waals surface area contributed by atoms with Crippen LogP contribution in [-0.4, -0.2) is 67.4 Å². The Bertz CT molecular complexity index is 1380. The number of nitrogens with zero attached hydrogens (tertiary/aromatic N) is 3. The van der Waals surface area contributed by atoms with Gasteiger partial charge >= 0.3 is 0 Å². The van der Waals surface area contributed by atoms with E-state index in [1.54, 1.807) is 19.2 Å². The van der Waals surface area contributed by atoms with Crippen LogP contribution < -0.4 is 20.1 Å². The molecule has 1 saturated heterocycles. The van der Waals surface area contributed by atoms with Crippen LogP contribution in [0.1, 0.15) is 52.0 Å². The monoisotopic (exact) mass is 532 g/mol. The lowest BCUT2D eigenvalue weighted by atomic mass is 9.79. The van der Waals surface area contributed by atoms with Crippen LogP contribution in [0.2, 0.25) is 0 Å². The third-order valence-electron chi connectivity index (χ3n) is 6.87. The molecule has 1 aromatic heterocycles. The molecule has 0 aliphatic carbocycles. The van der Waals surface area contributed by atoms with Gasteiger partial charge in [-0.1, -0.05) is 12.1 Å². The van der Waals surface area contributed by atoms with Crippen molar-refractivity contribution >= 4 is 34.0 Å². The van der Waals surface area contributed by atoms with Crippen LogP contribution in [0.4, 0.5) is 5.13 Å². The van der Waals surface area contributed by atoms with Crippen LogP contribution in [0.5, 0.6) is 11.5 Å². The van der Waals surface area contributed by atoms with E-state index < -0.39 is 0 Å². The van der Waals surface area contributed by atoms with Crippen molar-refractivity contribution in [1.82, 2.24) is 15.2 Å². The average Bonchev–Trinajstić information content (AvgIpc) is 3.32. The number of aryl methyl sites for hydroxylation is 1.